The Labute approximate surface area is 122 Å². The van der Waals surface area contributed by atoms with Crippen LogP contribution in [0.5, 0.6) is 0 Å². The molecular weight excluding hydrogens is 293 g/mol. The molecule has 2 atom stereocenters. The van der Waals surface area contributed by atoms with E-state index >= 15 is 0 Å². The lowest BCUT2D eigenvalue weighted by molar-refractivity contribution is -0.136. The molecule has 20 heavy (non-hydrogen) atoms. The zero-order valence-electron chi connectivity index (χ0n) is 11.0. The standard InChI is InChI=1S/C13H17F3N2O.ClH/c1-9(11(17)10-5-3-2-4-6-10)12(19)18-8-7-13(14,15)16;/h2-6,9,11H,7-8,17H2,1H3,(H,18,19);1H. The van der Waals surface area contributed by atoms with Gasteiger partial charge in [-0.05, 0) is 5.56 Å². The van der Waals surface area contributed by atoms with Crippen molar-refractivity contribution in [2.45, 2.75) is 25.6 Å². The number of rotatable bonds is 5. The number of carbonyl (C=O) groups is 1. The van der Waals surface area contributed by atoms with Crippen LogP contribution in [-0.4, -0.2) is 18.6 Å². The minimum Gasteiger partial charge on any atom is -0.355 e. The highest BCUT2D eigenvalue weighted by Gasteiger charge is 2.28. The number of nitrogens with one attached hydrogen (secondary N) is 1. The first kappa shape index (κ1) is 18.7. The fourth-order valence-electron chi connectivity index (χ4n) is 1.62. The molecule has 1 aromatic rings. The summed E-state index contributed by atoms with van der Waals surface area (Å²) in [6, 6.07) is 8.44. The van der Waals surface area contributed by atoms with E-state index in [4.69, 9.17) is 5.73 Å². The Morgan fingerprint density at radius 3 is 2.35 bits per heavy atom. The lowest BCUT2D eigenvalue weighted by Crippen LogP contribution is -2.37. The van der Waals surface area contributed by atoms with Gasteiger partial charge in [-0.25, -0.2) is 0 Å². The Kier molecular flexibility index (Phi) is 7.60. The number of benzene rings is 1. The second-order valence-corrected chi connectivity index (χ2v) is 4.38. The molecule has 0 radical (unpaired) electrons. The Bertz CT molecular complexity index is 412. The summed E-state index contributed by atoms with van der Waals surface area (Å²) in [6.07, 6.45) is -5.30. The van der Waals surface area contributed by atoms with E-state index in [2.05, 4.69) is 5.32 Å². The highest BCUT2D eigenvalue weighted by atomic mass is 35.5. The number of hydrogen-bond donors (Lipinski definition) is 2. The third-order valence-electron chi connectivity index (χ3n) is 2.84. The van der Waals surface area contributed by atoms with Crippen molar-refractivity contribution in [1.82, 2.24) is 5.32 Å². The summed E-state index contributed by atoms with van der Waals surface area (Å²) >= 11 is 0. The number of carbonyl (C=O) groups excluding carboxylic acids is 1. The van der Waals surface area contributed by atoms with Crippen LogP contribution in [0.3, 0.4) is 0 Å². The normalized spacial score (nSPS) is 14.1. The van der Waals surface area contributed by atoms with Crippen molar-refractivity contribution in [3.63, 3.8) is 0 Å². The Balaban J connectivity index is 0.00000361. The van der Waals surface area contributed by atoms with E-state index in [1.54, 1.807) is 31.2 Å². The zero-order valence-corrected chi connectivity index (χ0v) is 11.8. The van der Waals surface area contributed by atoms with Gasteiger partial charge in [0.1, 0.15) is 0 Å². The summed E-state index contributed by atoms with van der Waals surface area (Å²) < 4.78 is 35.9. The van der Waals surface area contributed by atoms with Crippen LogP contribution in [0.15, 0.2) is 30.3 Å². The summed E-state index contributed by atoms with van der Waals surface area (Å²) in [6.45, 7) is 1.18. The van der Waals surface area contributed by atoms with Gasteiger partial charge in [-0.1, -0.05) is 37.3 Å². The fraction of sp³-hybridized carbons (Fsp3) is 0.462. The smallest absolute Gasteiger partial charge is 0.355 e. The van der Waals surface area contributed by atoms with E-state index in [-0.39, 0.29) is 12.4 Å². The lowest BCUT2D eigenvalue weighted by Gasteiger charge is -2.20. The first-order valence-electron chi connectivity index (χ1n) is 5.96. The summed E-state index contributed by atoms with van der Waals surface area (Å²) in [5, 5.41) is 2.25. The van der Waals surface area contributed by atoms with Gasteiger partial charge in [-0.2, -0.15) is 13.2 Å². The van der Waals surface area contributed by atoms with E-state index in [1.807, 2.05) is 6.07 Å². The largest absolute Gasteiger partial charge is 0.390 e. The predicted molar refractivity (Wildman–Crippen MR) is 73.5 cm³/mol. The molecule has 2 unspecified atom stereocenters. The molecule has 0 heterocycles. The van der Waals surface area contributed by atoms with E-state index in [0.29, 0.717) is 0 Å². The van der Waals surface area contributed by atoms with Crippen molar-refractivity contribution < 1.29 is 18.0 Å². The van der Waals surface area contributed by atoms with Gasteiger partial charge < -0.3 is 11.1 Å². The Morgan fingerprint density at radius 2 is 1.85 bits per heavy atom. The van der Waals surface area contributed by atoms with Gasteiger partial charge in [0.25, 0.3) is 0 Å². The van der Waals surface area contributed by atoms with Crippen molar-refractivity contribution in [2.75, 3.05) is 6.54 Å². The summed E-state index contributed by atoms with van der Waals surface area (Å²) in [5.41, 5.74) is 6.69. The molecule has 3 N–H and O–H groups in total. The van der Waals surface area contributed by atoms with Crippen LogP contribution in [0, 0.1) is 5.92 Å². The molecule has 0 aromatic heterocycles. The highest BCUT2D eigenvalue weighted by Crippen LogP contribution is 2.20. The maximum atomic E-state index is 12.0. The van der Waals surface area contributed by atoms with Crippen molar-refractivity contribution >= 4 is 18.3 Å². The summed E-state index contributed by atoms with van der Waals surface area (Å²) in [7, 11) is 0. The molecule has 0 saturated heterocycles. The lowest BCUT2D eigenvalue weighted by atomic mass is 9.95. The molecule has 0 aliphatic heterocycles. The number of halogens is 4. The molecule has 7 heteroatoms. The predicted octanol–water partition coefficient (Wildman–Crippen LogP) is 2.81. The van der Waals surface area contributed by atoms with Gasteiger partial charge in [0.2, 0.25) is 5.91 Å². The third-order valence-corrected chi connectivity index (χ3v) is 2.84. The Hall–Kier alpha value is -1.27. The summed E-state index contributed by atoms with van der Waals surface area (Å²) in [4.78, 5) is 11.7. The second-order valence-electron chi connectivity index (χ2n) is 4.38. The zero-order chi connectivity index (χ0) is 14.5. The van der Waals surface area contributed by atoms with Gasteiger partial charge >= 0.3 is 6.18 Å². The number of hydrogen-bond acceptors (Lipinski definition) is 2. The maximum absolute atomic E-state index is 12.0. The molecule has 3 nitrogen and oxygen atoms in total. The van der Waals surface area contributed by atoms with Crippen LogP contribution in [0.25, 0.3) is 0 Å². The maximum Gasteiger partial charge on any atom is 0.390 e. The van der Waals surface area contributed by atoms with Gasteiger partial charge in [-0.3, -0.25) is 4.79 Å². The molecular formula is C13H18ClF3N2O. The monoisotopic (exact) mass is 310 g/mol. The summed E-state index contributed by atoms with van der Waals surface area (Å²) in [5.74, 6) is -1.06. The molecule has 0 fully saturated rings. The molecule has 1 amide bonds. The van der Waals surface area contributed by atoms with Crippen LogP contribution < -0.4 is 11.1 Å². The van der Waals surface area contributed by atoms with Crippen LogP contribution in [0.2, 0.25) is 0 Å². The SMILES string of the molecule is CC(C(=O)NCCC(F)(F)F)C(N)c1ccccc1.Cl. The number of alkyl halides is 3. The molecule has 0 saturated carbocycles. The second kappa shape index (κ2) is 8.11. The van der Waals surface area contributed by atoms with E-state index in [0.717, 1.165) is 5.56 Å². The van der Waals surface area contributed by atoms with Gasteiger partial charge in [0, 0.05) is 12.6 Å². The number of amides is 1. The van der Waals surface area contributed by atoms with Crippen LogP contribution in [0.1, 0.15) is 24.9 Å². The molecule has 0 spiro atoms. The van der Waals surface area contributed by atoms with Gasteiger partial charge in [-0.15, -0.1) is 12.4 Å². The molecule has 0 aliphatic carbocycles. The topological polar surface area (TPSA) is 55.1 Å². The van der Waals surface area contributed by atoms with E-state index < -0.39 is 37.0 Å². The Morgan fingerprint density at radius 1 is 1.30 bits per heavy atom. The average molecular weight is 311 g/mol. The molecule has 114 valence electrons. The van der Waals surface area contributed by atoms with E-state index in [1.165, 1.54) is 0 Å². The number of nitrogens with two attached hydrogens (primary N) is 1. The first-order valence-corrected chi connectivity index (χ1v) is 5.96. The molecule has 0 aliphatic rings. The van der Waals surface area contributed by atoms with Crippen LogP contribution >= 0.6 is 12.4 Å². The minimum absolute atomic E-state index is 0. The van der Waals surface area contributed by atoms with E-state index in [9.17, 15) is 18.0 Å². The van der Waals surface area contributed by atoms with Crippen molar-refractivity contribution in [1.29, 1.82) is 0 Å². The van der Waals surface area contributed by atoms with Crippen LogP contribution in [-0.2, 0) is 4.79 Å². The van der Waals surface area contributed by atoms with Gasteiger partial charge in [0.15, 0.2) is 0 Å². The first-order chi connectivity index (χ1) is 8.81. The highest BCUT2D eigenvalue weighted by molar-refractivity contribution is 5.85. The average Bonchev–Trinajstić information content (AvgIpc) is 2.36. The van der Waals surface area contributed by atoms with Crippen molar-refractivity contribution in [3.05, 3.63) is 35.9 Å². The minimum atomic E-state index is -4.27. The van der Waals surface area contributed by atoms with Crippen LogP contribution in [0.4, 0.5) is 13.2 Å². The quantitative estimate of drug-likeness (QED) is 0.878. The molecule has 1 rings (SSSR count). The van der Waals surface area contributed by atoms with Gasteiger partial charge in [0.05, 0.1) is 12.3 Å². The van der Waals surface area contributed by atoms with Crippen molar-refractivity contribution in [2.24, 2.45) is 11.7 Å². The molecule has 1 aromatic carbocycles. The third kappa shape index (κ3) is 6.25. The molecule has 0 bridgehead atoms. The van der Waals surface area contributed by atoms with Crippen molar-refractivity contribution in [3.8, 4) is 0 Å². The fourth-order valence-corrected chi connectivity index (χ4v) is 1.62.